The zero-order valence-corrected chi connectivity index (χ0v) is 13.7. The lowest BCUT2D eigenvalue weighted by atomic mass is 10.0. The lowest BCUT2D eigenvalue weighted by Gasteiger charge is -2.01. The first-order valence-electron chi connectivity index (χ1n) is 7.83. The Kier molecular flexibility index (Phi) is 3.65. The van der Waals surface area contributed by atoms with Gasteiger partial charge >= 0.3 is 0 Å². The van der Waals surface area contributed by atoms with Crippen LogP contribution in [-0.2, 0) is 0 Å². The van der Waals surface area contributed by atoms with Crippen LogP contribution in [0.3, 0.4) is 0 Å². The summed E-state index contributed by atoms with van der Waals surface area (Å²) in [7, 11) is 0. The standard InChI is InChI=1S/C19H15FN4O/c1-11-6-7-13(8-12(11)2)16-10-17(23-22-16)19-21-18(24-25-19)14-4-3-5-15(20)9-14/h3-10H,1-2H3,(H,22,23). The van der Waals surface area contributed by atoms with E-state index in [0.29, 0.717) is 23.0 Å². The summed E-state index contributed by atoms with van der Waals surface area (Å²) in [4.78, 5) is 4.31. The Labute approximate surface area is 143 Å². The molecule has 4 rings (SSSR count). The van der Waals surface area contributed by atoms with Crippen LogP contribution >= 0.6 is 0 Å². The zero-order valence-electron chi connectivity index (χ0n) is 13.7. The number of aryl methyl sites for hydroxylation is 2. The Bertz CT molecular complexity index is 1050. The highest BCUT2D eigenvalue weighted by molar-refractivity contribution is 5.66. The smallest absolute Gasteiger partial charge is 0.276 e. The molecule has 5 nitrogen and oxygen atoms in total. The third kappa shape index (κ3) is 2.94. The Morgan fingerprint density at radius 1 is 0.960 bits per heavy atom. The van der Waals surface area contributed by atoms with E-state index in [9.17, 15) is 4.39 Å². The van der Waals surface area contributed by atoms with Crippen LogP contribution in [0.4, 0.5) is 4.39 Å². The molecule has 1 N–H and O–H groups in total. The van der Waals surface area contributed by atoms with Gasteiger partial charge in [0.25, 0.3) is 5.89 Å². The van der Waals surface area contributed by atoms with Crippen molar-refractivity contribution in [3.63, 3.8) is 0 Å². The van der Waals surface area contributed by atoms with Gasteiger partial charge in [-0.2, -0.15) is 10.1 Å². The molecule has 0 aliphatic carbocycles. The largest absolute Gasteiger partial charge is 0.332 e. The maximum Gasteiger partial charge on any atom is 0.276 e. The molecule has 25 heavy (non-hydrogen) atoms. The summed E-state index contributed by atoms with van der Waals surface area (Å²) >= 11 is 0. The first-order chi connectivity index (χ1) is 12.1. The molecule has 0 aliphatic heterocycles. The Morgan fingerprint density at radius 3 is 2.64 bits per heavy atom. The first-order valence-corrected chi connectivity index (χ1v) is 7.83. The Balaban J connectivity index is 1.65. The number of rotatable bonds is 3. The molecule has 0 fully saturated rings. The molecular weight excluding hydrogens is 319 g/mol. The van der Waals surface area contributed by atoms with Crippen LogP contribution in [0.5, 0.6) is 0 Å². The Morgan fingerprint density at radius 2 is 1.84 bits per heavy atom. The molecule has 0 atom stereocenters. The minimum atomic E-state index is -0.345. The second-order valence-electron chi connectivity index (χ2n) is 5.90. The minimum Gasteiger partial charge on any atom is -0.332 e. The molecule has 0 bridgehead atoms. The highest BCUT2D eigenvalue weighted by Crippen LogP contribution is 2.26. The van der Waals surface area contributed by atoms with E-state index in [1.807, 2.05) is 12.1 Å². The average molecular weight is 334 g/mol. The number of hydrogen-bond donors (Lipinski definition) is 1. The van der Waals surface area contributed by atoms with Gasteiger partial charge in [-0.25, -0.2) is 4.39 Å². The van der Waals surface area contributed by atoms with Gasteiger partial charge in [0, 0.05) is 11.1 Å². The summed E-state index contributed by atoms with van der Waals surface area (Å²) in [5, 5.41) is 11.1. The van der Waals surface area contributed by atoms with Crippen LogP contribution in [0, 0.1) is 19.7 Å². The van der Waals surface area contributed by atoms with E-state index in [2.05, 4.69) is 46.3 Å². The fraction of sp³-hybridized carbons (Fsp3) is 0.105. The van der Waals surface area contributed by atoms with Crippen molar-refractivity contribution in [2.24, 2.45) is 0 Å². The number of H-pyrrole nitrogens is 1. The number of halogens is 1. The normalized spacial score (nSPS) is 11.0. The topological polar surface area (TPSA) is 67.6 Å². The van der Waals surface area contributed by atoms with Gasteiger partial charge in [0.2, 0.25) is 5.82 Å². The zero-order chi connectivity index (χ0) is 17.4. The molecule has 0 saturated heterocycles. The van der Waals surface area contributed by atoms with Crippen LogP contribution in [0.1, 0.15) is 11.1 Å². The molecule has 124 valence electrons. The van der Waals surface area contributed by atoms with Crippen molar-refractivity contribution < 1.29 is 8.91 Å². The number of aromatic amines is 1. The van der Waals surface area contributed by atoms with Gasteiger partial charge in [-0.3, -0.25) is 5.10 Å². The number of nitrogens with one attached hydrogen (secondary N) is 1. The molecule has 4 aromatic rings. The van der Waals surface area contributed by atoms with Gasteiger partial charge in [-0.15, -0.1) is 0 Å². The summed E-state index contributed by atoms with van der Waals surface area (Å²) in [6, 6.07) is 14.1. The van der Waals surface area contributed by atoms with E-state index in [1.54, 1.807) is 12.1 Å². The molecule has 0 saturated carbocycles. The van der Waals surface area contributed by atoms with E-state index < -0.39 is 0 Å². The first kappa shape index (κ1) is 15.3. The summed E-state index contributed by atoms with van der Waals surface area (Å²) in [6.45, 7) is 4.14. The van der Waals surface area contributed by atoms with E-state index in [4.69, 9.17) is 4.52 Å². The maximum atomic E-state index is 13.3. The van der Waals surface area contributed by atoms with Gasteiger partial charge in [-0.1, -0.05) is 29.4 Å². The van der Waals surface area contributed by atoms with Gasteiger partial charge in [0.15, 0.2) is 0 Å². The van der Waals surface area contributed by atoms with Crippen molar-refractivity contribution in [1.82, 2.24) is 20.3 Å². The Hall–Kier alpha value is -3.28. The van der Waals surface area contributed by atoms with Gasteiger partial charge in [0.05, 0.1) is 5.69 Å². The fourth-order valence-corrected chi connectivity index (χ4v) is 2.56. The maximum absolute atomic E-state index is 13.3. The van der Waals surface area contributed by atoms with Gasteiger partial charge in [0.1, 0.15) is 11.5 Å². The van der Waals surface area contributed by atoms with Crippen LogP contribution in [0.25, 0.3) is 34.2 Å². The van der Waals surface area contributed by atoms with E-state index >= 15 is 0 Å². The molecule has 0 spiro atoms. The summed E-state index contributed by atoms with van der Waals surface area (Å²) in [6.07, 6.45) is 0. The third-order valence-electron chi connectivity index (χ3n) is 4.12. The van der Waals surface area contributed by atoms with Crippen molar-refractivity contribution in [3.8, 4) is 34.2 Å². The van der Waals surface area contributed by atoms with E-state index in [0.717, 1.165) is 11.3 Å². The molecular formula is C19H15FN4O. The van der Waals surface area contributed by atoms with Crippen LogP contribution in [0.15, 0.2) is 53.1 Å². The van der Waals surface area contributed by atoms with Gasteiger partial charge < -0.3 is 4.52 Å². The van der Waals surface area contributed by atoms with E-state index in [1.165, 1.54) is 23.3 Å². The highest BCUT2D eigenvalue weighted by atomic mass is 19.1. The lowest BCUT2D eigenvalue weighted by molar-refractivity contribution is 0.431. The average Bonchev–Trinajstić information content (AvgIpc) is 3.26. The predicted octanol–water partition coefficient (Wildman–Crippen LogP) is 4.55. The van der Waals surface area contributed by atoms with Crippen LogP contribution in [0.2, 0.25) is 0 Å². The molecule has 0 amide bonds. The molecule has 2 aromatic carbocycles. The summed E-state index contributed by atoms with van der Waals surface area (Å²) in [5.74, 6) is 0.293. The van der Waals surface area contributed by atoms with E-state index in [-0.39, 0.29) is 5.82 Å². The molecule has 2 aromatic heterocycles. The van der Waals surface area contributed by atoms with Crippen molar-refractivity contribution in [2.75, 3.05) is 0 Å². The van der Waals surface area contributed by atoms with Crippen molar-refractivity contribution in [2.45, 2.75) is 13.8 Å². The minimum absolute atomic E-state index is 0.307. The summed E-state index contributed by atoms with van der Waals surface area (Å²) in [5.41, 5.74) is 5.41. The van der Waals surface area contributed by atoms with Crippen molar-refractivity contribution in [1.29, 1.82) is 0 Å². The SMILES string of the molecule is Cc1ccc(-c2cc(-c3nc(-c4cccc(F)c4)no3)[nH]n2)cc1C. The predicted molar refractivity (Wildman–Crippen MR) is 92.2 cm³/mol. The molecule has 2 heterocycles. The van der Waals surface area contributed by atoms with Crippen molar-refractivity contribution >= 4 is 0 Å². The van der Waals surface area contributed by atoms with Crippen molar-refractivity contribution in [3.05, 3.63) is 65.5 Å². The second-order valence-corrected chi connectivity index (χ2v) is 5.90. The highest BCUT2D eigenvalue weighted by Gasteiger charge is 2.14. The molecule has 6 heteroatoms. The monoisotopic (exact) mass is 334 g/mol. The molecule has 0 aliphatic rings. The number of hydrogen-bond acceptors (Lipinski definition) is 4. The third-order valence-corrected chi connectivity index (χ3v) is 4.12. The quantitative estimate of drug-likeness (QED) is 0.597. The fourth-order valence-electron chi connectivity index (χ4n) is 2.56. The lowest BCUT2D eigenvalue weighted by Crippen LogP contribution is -1.83. The van der Waals surface area contributed by atoms with Crippen LogP contribution < -0.4 is 0 Å². The number of aromatic nitrogens is 4. The number of nitrogens with zero attached hydrogens (tertiary/aromatic N) is 3. The number of benzene rings is 2. The molecule has 0 unspecified atom stereocenters. The second kappa shape index (κ2) is 5.98. The summed E-state index contributed by atoms with van der Waals surface area (Å²) < 4.78 is 18.6. The van der Waals surface area contributed by atoms with Gasteiger partial charge in [-0.05, 0) is 49.2 Å². The van der Waals surface area contributed by atoms with Crippen LogP contribution in [-0.4, -0.2) is 20.3 Å². The molecule has 0 radical (unpaired) electrons.